The summed E-state index contributed by atoms with van der Waals surface area (Å²) in [5, 5.41) is 5.06. The van der Waals surface area contributed by atoms with Gasteiger partial charge in [0, 0.05) is 17.8 Å². The lowest BCUT2D eigenvalue weighted by Crippen LogP contribution is -2.21. The SMILES string of the molecule is CCCCOC(=O)c1ccc(NC(=O)COC(=O)CCC(=O)Nc2ccc(F)cc2)cc1. The first-order valence-electron chi connectivity index (χ1n) is 10.2. The maximum atomic E-state index is 12.8. The van der Waals surface area contributed by atoms with E-state index in [-0.39, 0.29) is 12.8 Å². The van der Waals surface area contributed by atoms with Crippen LogP contribution in [-0.4, -0.2) is 37.0 Å². The fraction of sp³-hybridized carbons (Fsp3) is 0.304. The Morgan fingerprint density at radius 1 is 0.812 bits per heavy atom. The summed E-state index contributed by atoms with van der Waals surface area (Å²) in [6, 6.07) is 11.3. The summed E-state index contributed by atoms with van der Waals surface area (Å²) in [4.78, 5) is 47.3. The Morgan fingerprint density at radius 3 is 2.03 bits per heavy atom. The second-order valence-electron chi connectivity index (χ2n) is 6.83. The van der Waals surface area contributed by atoms with E-state index in [1.165, 1.54) is 48.5 Å². The van der Waals surface area contributed by atoms with Gasteiger partial charge in [0.1, 0.15) is 5.82 Å². The number of ether oxygens (including phenoxy) is 2. The van der Waals surface area contributed by atoms with Crippen molar-refractivity contribution in [2.24, 2.45) is 0 Å². The first-order chi connectivity index (χ1) is 15.4. The lowest BCUT2D eigenvalue weighted by atomic mass is 10.2. The number of benzene rings is 2. The highest BCUT2D eigenvalue weighted by atomic mass is 19.1. The number of rotatable bonds is 11. The second-order valence-corrected chi connectivity index (χ2v) is 6.83. The number of carbonyl (C=O) groups is 4. The lowest BCUT2D eigenvalue weighted by Gasteiger charge is -2.08. The van der Waals surface area contributed by atoms with E-state index in [0.29, 0.717) is 23.5 Å². The molecule has 2 aromatic rings. The van der Waals surface area contributed by atoms with Crippen molar-refractivity contribution >= 4 is 35.1 Å². The normalized spacial score (nSPS) is 10.2. The molecule has 0 heterocycles. The van der Waals surface area contributed by atoms with E-state index in [1.54, 1.807) is 0 Å². The molecule has 2 N–H and O–H groups in total. The van der Waals surface area contributed by atoms with E-state index in [2.05, 4.69) is 10.6 Å². The summed E-state index contributed by atoms with van der Waals surface area (Å²) < 4.78 is 22.8. The summed E-state index contributed by atoms with van der Waals surface area (Å²) in [5.41, 5.74) is 1.20. The fourth-order valence-electron chi connectivity index (χ4n) is 2.47. The number of hydrogen-bond donors (Lipinski definition) is 2. The van der Waals surface area contributed by atoms with Crippen LogP contribution >= 0.6 is 0 Å². The quantitative estimate of drug-likeness (QED) is 0.404. The van der Waals surface area contributed by atoms with E-state index >= 15 is 0 Å². The third-order valence-corrected chi connectivity index (χ3v) is 4.18. The van der Waals surface area contributed by atoms with Crippen LogP contribution in [0.5, 0.6) is 0 Å². The van der Waals surface area contributed by atoms with Crippen LogP contribution in [0.1, 0.15) is 43.0 Å². The number of anilines is 2. The van der Waals surface area contributed by atoms with Crippen molar-refractivity contribution in [3.05, 3.63) is 59.9 Å². The van der Waals surface area contributed by atoms with Gasteiger partial charge >= 0.3 is 11.9 Å². The molecule has 0 unspecified atom stereocenters. The molecule has 0 spiro atoms. The first-order valence-corrected chi connectivity index (χ1v) is 10.2. The number of amides is 2. The zero-order chi connectivity index (χ0) is 23.3. The summed E-state index contributed by atoms with van der Waals surface area (Å²) in [5.74, 6) is -2.57. The van der Waals surface area contributed by atoms with Crippen LogP contribution in [0.2, 0.25) is 0 Å². The van der Waals surface area contributed by atoms with Gasteiger partial charge in [-0.3, -0.25) is 14.4 Å². The van der Waals surface area contributed by atoms with E-state index in [1.807, 2.05) is 6.92 Å². The summed E-state index contributed by atoms with van der Waals surface area (Å²) in [7, 11) is 0. The van der Waals surface area contributed by atoms with Gasteiger partial charge in [0.05, 0.1) is 18.6 Å². The van der Waals surface area contributed by atoms with Crippen molar-refractivity contribution in [3.8, 4) is 0 Å². The molecule has 2 amide bonds. The van der Waals surface area contributed by atoms with Gasteiger partial charge in [0.2, 0.25) is 5.91 Å². The van der Waals surface area contributed by atoms with Gasteiger partial charge in [-0.15, -0.1) is 0 Å². The van der Waals surface area contributed by atoms with Crippen LogP contribution in [0.25, 0.3) is 0 Å². The molecule has 0 aliphatic heterocycles. The summed E-state index contributed by atoms with van der Waals surface area (Å²) in [6.45, 7) is 1.84. The van der Waals surface area contributed by atoms with Crippen molar-refractivity contribution in [3.63, 3.8) is 0 Å². The molecule has 32 heavy (non-hydrogen) atoms. The Labute approximate surface area is 185 Å². The molecule has 0 fully saturated rings. The third kappa shape index (κ3) is 8.95. The van der Waals surface area contributed by atoms with Crippen LogP contribution in [0, 0.1) is 5.82 Å². The van der Waals surface area contributed by atoms with Gasteiger partial charge in [-0.05, 0) is 55.0 Å². The van der Waals surface area contributed by atoms with Crippen LogP contribution < -0.4 is 10.6 Å². The minimum Gasteiger partial charge on any atom is -0.462 e. The zero-order valence-corrected chi connectivity index (χ0v) is 17.7. The first kappa shape index (κ1) is 24.5. The van der Waals surface area contributed by atoms with Crippen molar-refractivity contribution in [1.29, 1.82) is 0 Å². The number of carbonyl (C=O) groups excluding carboxylic acids is 4. The maximum absolute atomic E-state index is 12.8. The molecule has 0 saturated carbocycles. The van der Waals surface area contributed by atoms with Crippen molar-refractivity contribution in [2.45, 2.75) is 32.6 Å². The maximum Gasteiger partial charge on any atom is 0.338 e. The standard InChI is InChI=1S/C23H25FN2O6/c1-2-3-14-31-23(30)16-4-8-18(9-5-16)26-21(28)15-32-22(29)13-12-20(27)25-19-10-6-17(24)7-11-19/h4-11H,2-3,12-15H2,1H3,(H,25,27)(H,26,28). The van der Waals surface area contributed by atoms with Gasteiger partial charge in [-0.1, -0.05) is 13.3 Å². The Balaban J connectivity index is 1.67. The second kappa shape index (κ2) is 12.8. The Morgan fingerprint density at radius 2 is 1.41 bits per heavy atom. The van der Waals surface area contributed by atoms with E-state index < -0.39 is 36.2 Å². The number of unbranched alkanes of at least 4 members (excludes halogenated alkanes) is 1. The molecular formula is C23H25FN2O6. The number of halogens is 1. The predicted octanol–water partition coefficient (Wildman–Crippen LogP) is 3.68. The van der Waals surface area contributed by atoms with Gasteiger partial charge in [0.25, 0.3) is 5.91 Å². The highest BCUT2D eigenvalue weighted by molar-refractivity contribution is 5.95. The molecule has 0 aromatic heterocycles. The van der Waals surface area contributed by atoms with Gasteiger partial charge in [-0.2, -0.15) is 0 Å². The number of hydrogen-bond acceptors (Lipinski definition) is 6. The minimum absolute atomic E-state index is 0.145. The van der Waals surface area contributed by atoms with Crippen LogP contribution in [0.15, 0.2) is 48.5 Å². The Kier molecular flexibility index (Phi) is 9.83. The highest BCUT2D eigenvalue weighted by Gasteiger charge is 2.12. The Hall–Kier alpha value is -3.75. The largest absolute Gasteiger partial charge is 0.462 e. The van der Waals surface area contributed by atoms with Crippen molar-refractivity contribution in [1.82, 2.24) is 0 Å². The average Bonchev–Trinajstić information content (AvgIpc) is 2.78. The van der Waals surface area contributed by atoms with Crippen molar-refractivity contribution in [2.75, 3.05) is 23.8 Å². The van der Waals surface area contributed by atoms with Gasteiger partial charge in [-0.25, -0.2) is 9.18 Å². The molecule has 170 valence electrons. The van der Waals surface area contributed by atoms with Crippen LogP contribution in [-0.2, 0) is 23.9 Å². The van der Waals surface area contributed by atoms with Gasteiger partial charge < -0.3 is 20.1 Å². The topological polar surface area (TPSA) is 111 Å². The molecule has 8 nitrogen and oxygen atoms in total. The highest BCUT2D eigenvalue weighted by Crippen LogP contribution is 2.11. The zero-order valence-electron chi connectivity index (χ0n) is 17.7. The summed E-state index contributed by atoms with van der Waals surface area (Å²) in [6.07, 6.45) is 1.35. The molecular weight excluding hydrogens is 419 g/mol. The van der Waals surface area contributed by atoms with Gasteiger partial charge in [0.15, 0.2) is 6.61 Å². The molecule has 0 aliphatic rings. The molecule has 0 saturated heterocycles. The molecule has 2 rings (SSSR count). The van der Waals surface area contributed by atoms with E-state index in [4.69, 9.17) is 9.47 Å². The average molecular weight is 444 g/mol. The molecule has 0 aliphatic carbocycles. The van der Waals surface area contributed by atoms with Crippen molar-refractivity contribution < 1.29 is 33.0 Å². The number of esters is 2. The third-order valence-electron chi connectivity index (χ3n) is 4.18. The Bertz CT molecular complexity index is 929. The van der Waals surface area contributed by atoms with Crippen LogP contribution in [0.3, 0.4) is 0 Å². The molecule has 2 aromatic carbocycles. The smallest absolute Gasteiger partial charge is 0.338 e. The van der Waals surface area contributed by atoms with E-state index in [0.717, 1.165) is 12.8 Å². The molecule has 0 atom stereocenters. The fourth-order valence-corrected chi connectivity index (χ4v) is 2.47. The lowest BCUT2D eigenvalue weighted by molar-refractivity contribution is -0.147. The van der Waals surface area contributed by atoms with Crippen LogP contribution in [0.4, 0.5) is 15.8 Å². The minimum atomic E-state index is -0.709. The monoisotopic (exact) mass is 444 g/mol. The number of nitrogens with one attached hydrogen (secondary N) is 2. The predicted molar refractivity (Wildman–Crippen MR) is 115 cm³/mol. The molecule has 9 heteroatoms. The molecule has 0 radical (unpaired) electrons. The molecule has 0 bridgehead atoms. The van der Waals surface area contributed by atoms with E-state index in [9.17, 15) is 23.6 Å². The summed E-state index contributed by atoms with van der Waals surface area (Å²) >= 11 is 0.